The number of aromatic amines is 1. The summed E-state index contributed by atoms with van der Waals surface area (Å²) in [6.07, 6.45) is 6.43. The van der Waals surface area contributed by atoms with E-state index < -0.39 is 78.6 Å². The fourth-order valence-corrected chi connectivity index (χ4v) is 5.69. The Balaban J connectivity index is 1.95. The van der Waals surface area contributed by atoms with E-state index in [4.69, 9.17) is 4.74 Å². The third kappa shape index (κ3) is 9.62. The Morgan fingerprint density at radius 1 is 0.913 bits per heavy atom. The summed E-state index contributed by atoms with van der Waals surface area (Å²) < 4.78 is 5.78. The molecule has 1 aromatic heterocycles. The predicted octanol–water partition coefficient (Wildman–Crippen LogP) is 2.61. The van der Waals surface area contributed by atoms with Crippen molar-refractivity contribution in [3.05, 3.63) is 36.0 Å². The number of cyclic esters (lactones) is 1. The first-order valence-corrected chi connectivity index (χ1v) is 16.0. The number of hydrogen-bond donors (Lipinski definition) is 6. The number of benzene rings is 1. The second-order valence-corrected chi connectivity index (χ2v) is 12.0. The van der Waals surface area contributed by atoms with E-state index in [1.165, 1.54) is 13.1 Å². The van der Waals surface area contributed by atoms with Gasteiger partial charge in [-0.2, -0.15) is 0 Å². The zero-order chi connectivity index (χ0) is 33.8. The number of ether oxygens (including phenoxy) is 1. The first-order valence-electron chi connectivity index (χ1n) is 16.0. The van der Waals surface area contributed by atoms with Crippen molar-refractivity contribution < 1.29 is 43.7 Å². The van der Waals surface area contributed by atoms with Crippen LogP contribution in [0.1, 0.15) is 88.9 Å². The molecule has 3 rings (SSSR count). The number of carboxylic acids is 1. The molecule has 0 unspecified atom stereocenters. The minimum Gasteiger partial charge on any atom is -0.481 e. The number of fused-ring (bicyclic) bond motifs is 1. The van der Waals surface area contributed by atoms with Gasteiger partial charge in [0.05, 0.1) is 12.5 Å². The predicted molar refractivity (Wildman–Crippen MR) is 169 cm³/mol. The first kappa shape index (κ1) is 36.2. The van der Waals surface area contributed by atoms with Crippen LogP contribution in [0.25, 0.3) is 10.9 Å². The zero-order valence-corrected chi connectivity index (χ0v) is 26.7. The highest BCUT2D eigenvalue weighted by atomic mass is 16.5. The van der Waals surface area contributed by atoms with Gasteiger partial charge in [0.1, 0.15) is 12.1 Å². The number of carbonyl (C=O) groups is 6. The molecule has 13 nitrogen and oxygen atoms in total. The molecule has 0 spiro atoms. The number of carbonyl (C=O) groups excluding carboxylic acids is 5. The van der Waals surface area contributed by atoms with Gasteiger partial charge in [0.25, 0.3) is 5.91 Å². The number of hydrogen-bond acceptors (Lipinski definition) is 8. The van der Waals surface area contributed by atoms with Crippen molar-refractivity contribution in [1.82, 2.24) is 20.9 Å². The van der Waals surface area contributed by atoms with Crippen LogP contribution < -0.4 is 16.0 Å². The van der Waals surface area contributed by atoms with E-state index in [0.717, 1.165) is 38.5 Å². The largest absolute Gasteiger partial charge is 0.481 e. The highest BCUT2D eigenvalue weighted by Crippen LogP contribution is 2.25. The molecule has 46 heavy (non-hydrogen) atoms. The highest BCUT2D eigenvalue weighted by Gasteiger charge is 2.40. The number of carboxylic acid groups (broad SMARTS) is 1. The molecule has 2 aromatic rings. The SMILES string of the molecule is CCCCCCCC[C@@H](C)[C@@H]1OC(=O)[C@H](CO)NC(=O)[C@@H](C(=O)c2c[nH]c3ccccc23)NC(=O)[C@@H](CCC(=O)O)NC(=O)[C@H]1C. The molecule has 6 atom stereocenters. The lowest BCUT2D eigenvalue weighted by atomic mass is 9.88. The Kier molecular flexibility index (Phi) is 13.7. The van der Waals surface area contributed by atoms with Crippen LogP contribution >= 0.6 is 0 Å². The summed E-state index contributed by atoms with van der Waals surface area (Å²) in [4.78, 5) is 82.0. The molecule has 1 saturated heterocycles. The van der Waals surface area contributed by atoms with Gasteiger partial charge in [0, 0.05) is 29.1 Å². The summed E-state index contributed by atoms with van der Waals surface area (Å²) in [5.41, 5.74) is 0.674. The van der Waals surface area contributed by atoms with Gasteiger partial charge in [0.15, 0.2) is 17.9 Å². The van der Waals surface area contributed by atoms with Crippen molar-refractivity contribution in [3.8, 4) is 0 Å². The molecule has 1 aliphatic heterocycles. The number of unbranched alkanes of at least 4 members (excludes halogenated alkanes) is 5. The van der Waals surface area contributed by atoms with Crippen LogP contribution in [0.2, 0.25) is 0 Å². The van der Waals surface area contributed by atoms with Crippen molar-refractivity contribution in [1.29, 1.82) is 0 Å². The summed E-state index contributed by atoms with van der Waals surface area (Å²) in [6, 6.07) is 1.90. The van der Waals surface area contributed by atoms with Crippen LogP contribution in [-0.2, 0) is 28.7 Å². The summed E-state index contributed by atoms with van der Waals surface area (Å²) >= 11 is 0. The Labute approximate surface area is 268 Å². The number of Topliss-reactive ketones (excluding diaryl/α,β-unsaturated/α-hetero) is 1. The number of amides is 3. The molecule has 3 amide bonds. The van der Waals surface area contributed by atoms with Crippen LogP contribution in [0.3, 0.4) is 0 Å². The average molecular weight is 643 g/mol. The minimum absolute atomic E-state index is 0.0758. The molecular weight excluding hydrogens is 596 g/mol. The molecule has 0 aliphatic carbocycles. The van der Waals surface area contributed by atoms with E-state index in [-0.39, 0.29) is 17.9 Å². The van der Waals surface area contributed by atoms with Crippen LogP contribution in [0.4, 0.5) is 0 Å². The van der Waals surface area contributed by atoms with Gasteiger partial charge in [0.2, 0.25) is 11.8 Å². The molecule has 1 aliphatic rings. The quantitative estimate of drug-likeness (QED) is 0.0775. The Morgan fingerprint density at radius 3 is 2.28 bits per heavy atom. The maximum Gasteiger partial charge on any atom is 0.331 e. The Hall–Kier alpha value is -4.26. The summed E-state index contributed by atoms with van der Waals surface area (Å²) in [5.74, 6) is -7.04. The van der Waals surface area contributed by atoms with Crippen molar-refractivity contribution in [3.63, 3.8) is 0 Å². The first-order chi connectivity index (χ1) is 22.0. The van der Waals surface area contributed by atoms with E-state index in [9.17, 15) is 39.0 Å². The number of aliphatic hydroxyl groups is 1. The molecule has 0 radical (unpaired) electrons. The number of H-pyrrole nitrogens is 1. The van der Waals surface area contributed by atoms with Gasteiger partial charge < -0.3 is 35.9 Å². The number of para-hydroxylation sites is 1. The Morgan fingerprint density at radius 2 is 1.59 bits per heavy atom. The number of nitrogens with one attached hydrogen (secondary N) is 4. The standard InChI is InChI=1S/C33H46N4O9/c1-4-5-6-7-8-9-12-19(2)29-20(3)30(42)35-24(15-16-26(39)40)31(43)37-27(32(44)36-25(18-38)33(45)46-29)28(41)22-17-34-23-14-11-10-13-21(22)23/h10-11,13-14,17,19-20,24-25,27,29,34,38H,4-9,12,15-16,18H2,1-3H3,(H,35,42)(H,36,44)(H,37,43)(H,39,40)/t19-,20+,24-,25+,27-,29+/m1/s1. The molecular formula is C33H46N4O9. The van der Waals surface area contributed by atoms with Gasteiger partial charge in [-0.3, -0.25) is 24.0 Å². The maximum absolute atomic E-state index is 13.8. The van der Waals surface area contributed by atoms with Crippen LogP contribution in [0.15, 0.2) is 30.5 Å². The van der Waals surface area contributed by atoms with Gasteiger partial charge in [-0.15, -0.1) is 0 Å². The highest BCUT2D eigenvalue weighted by molar-refractivity contribution is 6.20. The molecule has 0 bridgehead atoms. The minimum atomic E-state index is -1.89. The number of ketones is 1. The number of rotatable bonds is 14. The van der Waals surface area contributed by atoms with E-state index >= 15 is 0 Å². The number of aliphatic carboxylic acids is 1. The van der Waals surface area contributed by atoms with Crippen molar-refractivity contribution in [2.24, 2.45) is 11.8 Å². The molecule has 1 aromatic carbocycles. The molecule has 1 fully saturated rings. The third-order valence-electron chi connectivity index (χ3n) is 8.46. The average Bonchev–Trinajstić information content (AvgIpc) is 3.47. The van der Waals surface area contributed by atoms with Crippen molar-refractivity contribution >= 4 is 46.3 Å². The lowest BCUT2D eigenvalue weighted by Gasteiger charge is -2.31. The second kappa shape index (κ2) is 17.4. The van der Waals surface area contributed by atoms with Gasteiger partial charge in [-0.25, -0.2) is 4.79 Å². The fourth-order valence-electron chi connectivity index (χ4n) is 5.69. The summed E-state index contributed by atoms with van der Waals surface area (Å²) in [5, 5.41) is 27.1. The molecule has 13 heteroatoms. The van der Waals surface area contributed by atoms with Gasteiger partial charge in [-0.05, 0) is 24.8 Å². The van der Waals surface area contributed by atoms with Gasteiger partial charge >= 0.3 is 11.9 Å². The van der Waals surface area contributed by atoms with Gasteiger partial charge in [-0.1, -0.05) is 77.5 Å². The molecule has 2 heterocycles. The fraction of sp³-hybridized carbons (Fsp3) is 0.576. The number of aliphatic hydroxyl groups excluding tert-OH is 1. The molecule has 252 valence electrons. The summed E-state index contributed by atoms with van der Waals surface area (Å²) in [6.45, 7) is 4.64. The monoisotopic (exact) mass is 642 g/mol. The number of aromatic nitrogens is 1. The molecule has 0 saturated carbocycles. The number of esters is 1. The van der Waals surface area contributed by atoms with E-state index in [1.54, 1.807) is 24.3 Å². The van der Waals surface area contributed by atoms with Crippen molar-refractivity contribution in [2.75, 3.05) is 6.61 Å². The smallest absolute Gasteiger partial charge is 0.331 e. The maximum atomic E-state index is 13.8. The van der Waals surface area contributed by atoms with E-state index in [1.807, 2.05) is 6.92 Å². The lowest BCUT2D eigenvalue weighted by molar-refractivity contribution is -0.161. The van der Waals surface area contributed by atoms with E-state index in [0.29, 0.717) is 17.3 Å². The third-order valence-corrected chi connectivity index (χ3v) is 8.46. The molecule has 6 N–H and O–H groups in total. The lowest BCUT2D eigenvalue weighted by Crippen LogP contribution is -2.58. The topological polar surface area (TPSA) is 204 Å². The van der Waals surface area contributed by atoms with Crippen molar-refractivity contribution in [2.45, 2.75) is 103 Å². The van der Waals surface area contributed by atoms with Crippen LogP contribution in [0.5, 0.6) is 0 Å². The summed E-state index contributed by atoms with van der Waals surface area (Å²) in [7, 11) is 0. The van der Waals surface area contributed by atoms with Crippen LogP contribution in [-0.4, -0.2) is 81.5 Å². The zero-order valence-electron chi connectivity index (χ0n) is 26.7. The van der Waals surface area contributed by atoms with Crippen LogP contribution in [0, 0.1) is 11.8 Å². The van der Waals surface area contributed by atoms with E-state index in [2.05, 4.69) is 27.9 Å². The Bertz CT molecular complexity index is 1390. The normalized spacial score (nSPS) is 23.6. The second-order valence-electron chi connectivity index (χ2n) is 12.0.